The maximum atomic E-state index is 6.21. The highest BCUT2D eigenvalue weighted by Crippen LogP contribution is 2.50. The molecule has 0 fully saturated rings. The van der Waals surface area contributed by atoms with Crippen LogP contribution in [0.4, 0.5) is 0 Å². The highest BCUT2D eigenvalue weighted by molar-refractivity contribution is 6.17. The molecule has 3 heterocycles. The van der Waals surface area contributed by atoms with Gasteiger partial charge < -0.3 is 9.47 Å². The van der Waals surface area contributed by atoms with Gasteiger partial charge in [-0.1, -0.05) is 115 Å². The quantitative estimate of drug-likeness (QED) is 0.198. The van der Waals surface area contributed by atoms with Crippen LogP contribution >= 0.6 is 0 Å². The third-order valence-electron chi connectivity index (χ3n) is 10.4. The van der Waals surface area contributed by atoms with Gasteiger partial charge in [-0.3, -0.25) is 0 Å². The second kappa shape index (κ2) is 9.72. The number of pyridine rings is 1. The summed E-state index contributed by atoms with van der Waals surface area (Å²) in [4.78, 5) is 15.1. The van der Waals surface area contributed by atoms with Crippen LogP contribution in [0.2, 0.25) is 0 Å². The van der Waals surface area contributed by atoms with Crippen molar-refractivity contribution in [1.82, 2.24) is 4.98 Å². The zero-order valence-corrected chi connectivity index (χ0v) is 25.9. The Morgan fingerprint density at radius 2 is 0.792 bits per heavy atom. The molecule has 0 saturated heterocycles. The minimum atomic E-state index is -0.113. The molecule has 0 N–H and O–H groups in total. The largest absolute Gasteiger partial charge is 0.474 e. The van der Waals surface area contributed by atoms with E-state index in [1.807, 2.05) is 18.2 Å². The Balaban J connectivity index is 0.916. The Morgan fingerprint density at radius 3 is 1.25 bits per heavy atom. The monoisotopic (exact) mass is 617 g/mol. The topological polar surface area (TPSA) is 56.1 Å². The Morgan fingerprint density at radius 1 is 0.396 bits per heavy atom. The average Bonchev–Trinajstić information content (AvgIpc) is 3.96. The lowest BCUT2D eigenvalue weighted by Crippen LogP contribution is -2.09. The number of rotatable bonds is 4. The van der Waals surface area contributed by atoms with Crippen molar-refractivity contribution in [1.29, 1.82) is 0 Å². The van der Waals surface area contributed by atoms with E-state index in [0.717, 1.165) is 0 Å². The molecule has 0 bridgehead atoms. The number of ether oxygens (including phenoxy) is 2. The van der Waals surface area contributed by atoms with Crippen LogP contribution in [0, 0.1) is 0 Å². The lowest BCUT2D eigenvalue weighted by molar-refractivity contribution is 0.318. The smallest absolute Gasteiger partial charge is 0.236 e. The number of benzene rings is 6. The molecule has 0 radical (unpaired) electrons. The SMILES string of the molecule is c1cc(C2=N[C@H](c3ccc4c5c(cccc35)-c3ccccc3-4)CO2)nc(C2=N[C@H](c3ccc4c5c(cccc35)-c3ccccc3-4)CO2)c1. The Hall–Kier alpha value is -6.07. The fourth-order valence-corrected chi connectivity index (χ4v) is 8.26. The molecule has 1 aromatic heterocycles. The first-order valence-corrected chi connectivity index (χ1v) is 16.5. The number of aliphatic imine (C=N–C) groups is 2. The van der Waals surface area contributed by atoms with Crippen molar-refractivity contribution in [2.75, 3.05) is 13.2 Å². The van der Waals surface area contributed by atoms with Crippen LogP contribution in [0.25, 0.3) is 66.1 Å². The van der Waals surface area contributed by atoms with Gasteiger partial charge in [-0.25, -0.2) is 15.0 Å². The number of nitrogens with zero attached hydrogens (tertiary/aromatic N) is 3. The van der Waals surface area contributed by atoms with Gasteiger partial charge in [0.05, 0.1) is 0 Å². The molecule has 2 aliphatic heterocycles. The molecule has 5 nitrogen and oxygen atoms in total. The highest BCUT2D eigenvalue weighted by Gasteiger charge is 2.30. The van der Waals surface area contributed by atoms with Crippen molar-refractivity contribution < 1.29 is 9.47 Å². The predicted molar refractivity (Wildman–Crippen MR) is 191 cm³/mol. The van der Waals surface area contributed by atoms with Crippen molar-refractivity contribution in [2.24, 2.45) is 9.98 Å². The minimum absolute atomic E-state index is 0.113. The third-order valence-corrected chi connectivity index (χ3v) is 10.4. The molecule has 11 rings (SSSR count). The fourth-order valence-electron chi connectivity index (χ4n) is 8.26. The summed E-state index contributed by atoms with van der Waals surface area (Å²) in [7, 11) is 0. The van der Waals surface area contributed by atoms with E-state index in [2.05, 4.69) is 109 Å². The highest BCUT2D eigenvalue weighted by atomic mass is 16.5. The molecule has 4 aliphatic rings. The van der Waals surface area contributed by atoms with Crippen molar-refractivity contribution in [3.8, 4) is 44.5 Å². The summed E-state index contributed by atoms with van der Waals surface area (Å²) < 4.78 is 12.4. The van der Waals surface area contributed by atoms with Gasteiger partial charge in [0.2, 0.25) is 11.8 Å². The van der Waals surface area contributed by atoms with Crippen molar-refractivity contribution in [2.45, 2.75) is 12.1 Å². The molecule has 5 heteroatoms. The van der Waals surface area contributed by atoms with E-state index in [0.29, 0.717) is 36.4 Å². The fraction of sp³-hybridized carbons (Fsp3) is 0.0930. The molecule has 226 valence electrons. The summed E-state index contributed by atoms with van der Waals surface area (Å²) >= 11 is 0. The molecule has 0 unspecified atom stereocenters. The van der Waals surface area contributed by atoms with Gasteiger partial charge in [0.25, 0.3) is 0 Å². The normalized spacial score (nSPS) is 18.0. The average molecular weight is 618 g/mol. The maximum Gasteiger partial charge on any atom is 0.236 e. The summed E-state index contributed by atoms with van der Waals surface area (Å²) in [5, 5.41) is 5.06. The first-order chi connectivity index (χ1) is 23.8. The second-order valence-electron chi connectivity index (χ2n) is 12.9. The Labute approximate surface area is 276 Å². The van der Waals surface area contributed by atoms with Crippen molar-refractivity contribution in [3.63, 3.8) is 0 Å². The summed E-state index contributed by atoms with van der Waals surface area (Å²) in [5.41, 5.74) is 14.0. The molecule has 6 aromatic carbocycles. The van der Waals surface area contributed by atoms with Gasteiger partial charge in [0.15, 0.2) is 0 Å². The lowest BCUT2D eigenvalue weighted by atomic mass is 9.95. The van der Waals surface area contributed by atoms with Gasteiger partial charge in [-0.05, 0) is 89.3 Å². The number of hydrogen-bond donors (Lipinski definition) is 0. The number of hydrogen-bond acceptors (Lipinski definition) is 5. The second-order valence-corrected chi connectivity index (χ2v) is 12.9. The lowest BCUT2D eigenvalue weighted by Gasteiger charge is -2.11. The van der Waals surface area contributed by atoms with Gasteiger partial charge in [0.1, 0.15) is 36.7 Å². The third kappa shape index (κ3) is 3.58. The zero-order chi connectivity index (χ0) is 31.3. The molecule has 2 atom stereocenters. The van der Waals surface area contributed by atoms with Crippen LogP contribution in [-0.2, 0) is 9.47 Å². The number of aromatic nitrogens is 1. The van der Waals surface area contributed by atoms with E-state index in [4.69, 9.17) is 24.4 Å². The molecule has 0 spiro atoms. The van der Waals surface area contributed by atoms with E-state index in [1.54, 1.807) is 0 Å². The first-order valence-electron chi connectivity index (χ1n) is 16.5. The van der Waals surface area contributed by atoms with Gasteiger partial charge in [0, 0.05) is 0 Å². The molecule has 48 heavy (non-hydrogen) atoms. The van der Waals surface area contributed by atoms with Crippen LogP contribution in [0.1, 0.15) is 34.6 Å². The predicted octanol–water partition coefficient (Wildman–Crippen LogP) is 9.72. The molecular formula is C43H27N3O2. The standard InChI is InChI=1S/C43H27N3O2/c1-3-10-26-24(8-1)30-12-5-14-32-28(18-20-34(26)40(30)32)38-22-47-42(45-38)36-16-7-17-37(44-36)43-46-39(23-48-43)29-19-21-35-27-11-4-2-9-25(27)31-13-6-15-33(29)41(31)35/h1-21,38-39H,22-23H2/t38-,39-/m0/s1. The molecule has 0 saturated carbocycles. The van der Waals surface area contributed by atoms with E-state index < -0.39 is 0 Å². The van der Waals surface area contributed by atoms with Gasteiger partial charge in [-0.15, -0.1) is 0 Å². The summed E-state index contributed by atoms with van der Waals surface area (Å²) in [6.45, 7) is 0.947. The Bertz CT molecular complexity index is 2370. The van der Waals surface area contributed by atoms with Crippen LogP contribution in [-0.4, -0.2) is 30.0 Å². The van der Waals surface area contributed by atoms with Crippen LogP contribution in [0.15, 0.2) is 137 Å². The summed E-state index contributed by atoms with van der Waals surface area (Å²) in [5.74, 6) is 1.10. The van der Waals surface area contributed by atoms with Crippen LogP contribution in [0.5, 0.6) is 0 Å². The molecular weight excluding hydrogens is 590 g/mol. The van der Waals surface area contributed by atoms with E-state index in [9.17, 15) is 0 Å². The summed E-state index contributed by atoms with van der Waals surface area (Å²) in [6.07, 6.45) is 0. The van der Waals surface area contributed by atoms with Crippen molar-refractivity contribution >= 4 is 33.3 Å². The van der Waals surface area contributed by atoms with E-state index in [1.165, 1.54) is 77.2 Å². The van der Waals surface area contributed by atoms with Gasteiger partial charge >= 0.3 is 0 Å². The maximum absolute atomic E-state index is 6.21. The first kappa shape index (κ1) is 26.0. The number of fused-ring (bicyclic) bond motifs is 6. The summed E-state index contributed by atoms with van der Waals surface area (Å²) in [6, 6.07) is 45.0. The zero-order valence-electron chi connectivity index (χ0n) is 25.9. The molecule has 0 amide bonds. The van der Waals surface area contributed by atoms with Crippen molar-refractivity contribution in [3.05, 3.63) is 150 Å². The molecule has 7 aromatic rings. The Kier molecular flexibility index (Phi) is 5.28. The van der Waals surface area contributed by atoms with E-state index >= 15 is 0 Å². The van der Waals surface area contributed by atoms with Crippen LogP contribution in [0.3, 0.4) is 0 Å². The molecule has 2 aliphatic carbocycles. The van der Waals surface area contributed by atoms with Gasteiger partial charge in [-0.2, -0.15) is 0 Å². The van der Waals surface area contributed by atoms with E-state index in [-0.39, 0.29) is 12.1 Å². The minimum Gasteiger partial charge on any atom is -0.474 e. The van der Waals surface area contributed by atoms with Crippen LogP contribution < -0.4 is 0 Å².